The van der Waals surface area contributed by atoms with E-state index in [9.17, 15) is 17.6 Å². The van der Waals surface area contributed by atoms with Crippen molar-refractivity contribution < 1.29 is 17.6 Å². The SMILES string of the molecule is Fc1cccc2[nH]c3cc(C(F)(F)F)ccc3c12. The average molecular weight is 253 g/mol. The van der Waals surface area contributed by atoms with Crippen LogP contribution < -0.4 is 0 Å². The molecule has 0 unspecified atom stereocenters. The van der Waals surface area contributed by atoms with Crippen molar-refractivity contribution in [1.82, 2.24) is 4.98 Å². The number of hydrogen-bond donors (Lipinski definition) is 1. The summed E-state index contributed by atoms with van der Waals surface area (Å²) in [5, 5.41) is 0.775. The van der Waals surface area contributed by atoms with Gasteiger partial charge in [0.05, 0.1) is 5.56 Å². The highest BCUT2D eigenvalue weighted by molar-refractivity contribution is 6.07. The van der Waals surface area contributed by atoms with Crippen LogP contribution in [0, 0.1) is 5.82 Å². The summed E-state index contributed by atoms with van der Waals surface area (Å²) in [5.41, 5.74) is 0.0243. The van der Waals surface area contributed by atoms with Gasteiger partial charge in [-0.05, 0) is 24.3 Å². The van der Waals surface area contributed by atoms with E-state index in [0.717, 1.165) is 12.1 Å². The Morgan fingerprint density at radius 2 is 1.72 bits per heavy atom. The number of aromatic amines is 1. The van der Waals surface area contributed by atoms with Gasteiger partial charge in [0.25, 0.3) is 0 Å². The van der Waals surface area contributed by atoms with Crippen LogP contribution in [0.2, 0.25) is 0 Å². The molecule has 3 rings (SSSR count). The molecule has 0 saturated carbocycles. The molecule has 0 aliphatic carbocycles. The first-order chi connectivity index (χ1) is 8.47. The zero-order valence-electron chi connectivity index (χ0n) is 8.98. The Kier molecular flexibility index (Phi) is 2.14. The van der Waals surface area contributed by atoms with E-state index in [1.165, 1.54) is 18.2 Å². The molecule has 1 heterocycles. The Hall–Kier alpha value is -2.04. The minimum absolute atomic E-state index is 0.282. The second kappa shape index (κ2) is 3.48. The Balaban J connectivity index is 2.38. The molecule has 0 bridgehead atoms. The van der Waals surface area contributed by atoms with Crippen LogP contribution in [-0.2, 0) is 6.18 Å². The first-order valence-corrected chi connectivity index (χ1v) is 5.24. The van der Waals surface area contributed by atoms with Gasteiger partial charge in [0.2, 0.25) is 0 Å². The molecule has 0 aliphatic rings. The summed E-state index contributed by atoms with van der Waals surface area (Å²) in [6.45, 7) is 0. The van der Waals surface area contributed by atoms with E-state index in [-0.39, 0.29) is 5.52 Å². The Morgan fingerprint density at radius 3 is 2.44 bits per heavy atom. The van der Waals surface area contributed by atoms with Gasteiger partial charge in [-0.15, -0.1) is 0 Å². The fraction of sp³-hybridized carbons (Fsp3) is 0.0769. The molecule has 0 spiro atoms. The maximum Gasteiger partial charge on any atom is 0.416 e. The third kappa shape index (κ3) is 1.54. The molecule has 0 atom stereocenters. The normalized spacial score (nSPS) is 12.4. The summed E-state index contributed by atoms with van der Waals surface area (Å²) in [7, 11) is 0. The minimum atomic E-state index is -4.40. The summed E-state index contributed by atoms with van der Waals surface area (Å²) in [6, 6.07) is 7.67. The van der Waals surface area contributed by atoms with Gasteiger partial charge in [0.15, 0.2) is 0 Å². The number of benzene rings is 2. The van der Waals surface area contributed by atoms with Gasteiger partial charge in [-0.25, -0.2) is 4.39 Å². The molecule has 0 amide bonds. The van der Waals surface area contributed by atoms with Crippen LogP contribution in [0.15, 0.2) is 36.4 Å². The molecule has 0 radical (unpaired) electrons. The highest BCUT2D eigenvalue weighted by Crippen LogP contribution is 2.34. The fourth-order valence-corrected chi connectivity index (χ4v) is 2.09. The third-order valence-electron chi connectivity index (χ3n) is 2.90. The van der Waals surface area contributed by atoms with Crippen LogP contribution >= 0.6 is 0 Å². The molecule has 0 aliphatic heterocycles. The first-order valence-electron chi connectivity index (χ1n) is 5.24. The van der Waals surface area contributed by atoms with Gasteiger partial charge in [0.1, 0.15) is 5.82 Å². The molecule has 92 valence electrons. The van der Waals surface area contributed by atoms with Crippen LogP contribution in [0.25, 0.3) is 21.8 Å². The molecule has 3 aromatic rings. The van der Waals surface area contributed by atoms with E-state index in [1.54, 1.807) is 6.07 Å². The van der Waals surface area contributed by atoms with Crippen molar-refractivity contribution >= 4 is 21.8 Å². The molecule has 0 fully saturated rings. The first kappa shape index (κ1) is 11.1. The van der Waals surface area contributed by atoms with Crippen LogP contribution in [-0.4, -0.2) is 4.98 Å². The number of alkyl halides is 3. The maximum absolute atomic E-state index is 13.6. The molecule has 2 aromatic carbocycles. The van der Waals surface area contributed by atoms with E-state index in [2.05, 4.69) is 4.98 Å². The lowest BCUT2D eigenvalue weighted by atomic mass is 10.1. The third-order valence-corrected chi connectivity index (χ3v) is 2.90. The van der Waals surface area contributed by atoms with Gasteiger partial charge in [0, 0.05) is 21.8 Å². The number of halogens is 4. The fourth-order valence-electron chi connectivity index (χ4n) is 2.09. The lowest BCUT2D eigenvalue weighted by molar-refractivity contribution is -0.137. The van der Waals surface area contributed by atoms with Crippen molar-refractivity contribution in [2.24, 2.45) is 0 Å². The van der Waals surface area contributed by atoms with Crippen molar-refractivity contribution in [1.29, 1.82) is 0 Å². The molecule has 18 heavy (non-hydrogen) atoms. The van der Waals surface area contributed by atoms with E-state index in [0.29, 0.717) is 16.3 Å². The summed E-state index contributed by atoms with van der Waals surface area (Å²) in [5.74, 6) is -0.446. The van der Waals surface area contributed by atoms with Crippen molar-refractivity contribution in [2.45, 2.75) is 6.18 Å². The molecular formula is C13H7F4N. The molecule has 5 heteroatoms. The zero-order valence-corrected chi connectivity index (χ0v) is 8.98. The number of hydrogen-bond acceptors (Lipinski definition) is 0. The highest BCUT2D eigenvalue weighted by atomic mass is 19.4. The quantitative estimate of drug-likeness (QED) is 0.568. The predicted molar refractivity (Wildman–Crippen MR) is 60.8 cm³/mol. The maximum atomic E-state index is 13.6. The van der Waals surface area contributed by atoms with E-state index in [1.807, 2.05) is 0 Å². The highest BCUT2D eigenvalue weighted by Gasteiger charge is 2.30. The number of nitrogens with one attached hydrogen (secondary N) is 1. The van der Waals surface area contributed by atoms with Gasteiger partial charge in [-0.3, -0.25) is 0 Å². The van der Waals surface area contributed by atoms with Crippen LogP contribution in [0.3, 0.4) is 0 Å². The number of aromatic nitrogens is 1. The Morgan fingerprint density at radius 1 is 0.944 bits per heavy atom. The molecule has 1 aromatic heterocycles. The molecule has 0 saturated heterocycles. The predicted octanol–water partition coefficient (Wildman–Crippen LogP) is 4.48. The molecule has 1 N–H and O–H groups in total. The zero-order chi connectivity index (χ0) is 12.9. The number of H-pyrrole nitrogens is 1. The largest absolute Gasteiger partial charge is 0.416 e. The monoisotopic (exact) mass is 253 g/mol. The van der Waals surface area contributed by atoms with Crippen LogP contribution in [0.1, 0.15) is 5.56 Å². The molecule has 1 nitrogen and oxygen atoms in total. The number of rotatable bonds is 0. The van der Waals surface area contributed by atoms with Gasteiger partial charge >= 0.3 is 6.18 Å². The summed E-state index contributed by atoms with van der Waals surface area (Å²) >= 11 is 0. The van der Waals surface area contributed by atoms with Gasteiger partial charge in [-0.2, -0.15) is 13.2 Å². The Labute approximate surface area is 99.0 Å². The van der Waals surface area contributed by atoms with Crippen molar-refractivity contribution in [3.63, 3.8) is 0 Å². The van der Waals surface area contributed by atoms with Crippen LogP contribution in [0.4, 0.5) is 17.6 Å². The van der Waals surface area contributed by atoms with Gasteiger partial charge < -0.3 is 4.98 Å². The van der Waals surface area contributed by atoms with E-state index >= 15 is 0 Å². The summed E-state index contributed by atoms with van der Waals surface area (Å²) in [6.07, 6.45) is -4.40. The second-order valence-corrected chi connectivity index (χ2v) is 4.05. The van der Waals surface area contributed by atoms with E-state index < -0.39 is 17.6 Å². The minimum Gasteiger partial charge on any atom is -0.354 e. The molecular weight excluding hydrogens is 246 g/mol. The van der Waals surface area contributed by atoms with Crippen molar-refractivity contribution in [3.8, 4) is 0 Å². The standard InChI is InChI=1S/C13H7F4N/c14-9-2-1-3-10-12(9)8-5-4-7(13(15,16)17)6-11(8)18-10/h1-6,18H. The smallest absolute Gasteiger partial charge is 0.354 e. The summed E-state index contributed by atoms with van der Waals surface area (Å²) < 4.78 is 51.3. The van der Waals surface area contributed by atoms with Crippen molar-refractivity contribution in [2.75, 3.05) is 0 Å². The van der Waals surface area contributed by atoms with Crippen LogP contribution in [0.5, 0.6) is 0 Å². The number of fused-ring (bicyclic) bond motifs is 3. The summed E-state index contributed by atoms with van der Waals surface area (Å²) in [4.78, 5) is 2.79. The Bertz CT molecular complexity index is 740. The van der Waals surface area contributed by atoms with Gasteiger partial charge in [-0.1, -0.05) is 12.1 Å². The average Bonchev–Trinajstić information content (AvgIpc) is 2.66. The second-order valence-electron chi connectivity index (χ2n) is 4.05. The lowest BCUT2D eigenvalue weighted by Gasteiger charge is -2.05. The lowest BCUT2D eigenvalue weighted by Crippen LogP contribution is -2.03. The van der Waals surface area contributed by atoms with E-state index in [4.69, 9.17) is 0 Å². The van der Waals surface area contributed by atoms with Crippen molar-refractivity contribution in [3.05, 3.63) is 47.8 Å². The topological polar surface area (TPSA) is 15.8 Å².